The monoisotopic (exact) mass is 558 g/mol. The van der Waals surface area contributed by atoms with Gasteiger partial charge < -0.3 is 28.1 Å². The van der Waals surface area contributed by atoms with Crippen LogP contribution in [0.15, 0.2) is 60.7 Å². The van der Waals surface area contributed by atoms with Crippen LogP contribution in [-0.2, 0) is 32.9 Å². The van der Waals surface area contributed by atoms with E-state index in [4.69, 9.17) is 28.1 Å². The van der Waals surface area contributed by atoms with Crippen LogP contribution in [0.1, 0.15) is 53.4 Å². The fraction of sp³-hybridized carbons (Fsp3) is 0.581. The Morgan fingerprint density at radius 3 is 2.03 bits per heavy atom. The fourth-order valence-corrected chi connectivity index (χ4v) is 10.2. The average Bonchev–Trinajstić information content (AvgIpc) is 3.19. The maximum atomic E-state index is 12.6. The Labute approximate surface area is 235 Å². The van der Waals surface area contributed by atoms with E-state index in [1.807, 2.05) is 6.92 Å². The van der Waals surface area contributed by atoms with Crippen LogP contribution in [0.25, 0.3) is 0 Å². The summed E-state index contributed by atoms with van der Waals surface area (Å²) < 4.78 is 34.5. The van der Waals surface area contributed by atoms with Gasteiger partial charge in [-0.05, 0) is 48.0 Å². The van der Waals surface area contributed by atoms with Gasteiger partial charge in [0.2, 0.25) is 0 Å². The van der Waals surface area contributed by atoms with Crippen molar-refractivity contribution in [2.45, 2.75) is 76.7 Å². The van der Waals surface area contributed by atoms with Gasteiger partial charge >= 0.3 is 5.97 Å². The number of methoxy groups -OCH3 is 2. The summed E-state index contributed by atoms with van der Waals surface area (Å²) >= 11 is 0. The molecule has 2 aromatic carbocycles. The van der Waals surface area contributed by atoms with Crippen LogP contribution in [0.4, 0.5) is 0 Å². The summed E-state index contributed by atoms with van der Waals surface area (Å²) in [7, 11) is 0.612. The predicted molar refractivity (Wildman–Crippen MR) is 155 cm³/mol. The third-order valence-electron chi connectivity index (χ3n) is 7.44. The summed E-state index contributed by atoms with van der Waals surface area (Å²) in [5.41, 5.74) is 0. The molecule has 39 heavy (non-hydrogen) atoms. The van der Waals surface area contributed by atoms with Crippen molar-refractivity contribution in [3.05, 3.63) is 60.7 Å². The van der Waals surface area contributed by atoms with Crippen molar-refractivity contribution < 1.29 is 32.9 Å². The summed E-state index contributed by atoms with van der Waals surface area (Å²) in [5.74, 6) is -0.644. The number of rotatable bonds is 16. The lowest BCUT2D eigenvalue weighted by Crippen LogP contribution is -2.66. The SMILES string of the molecule is COCO[C@H](CCCCO[Si](c1ccccc1)(c1ccccc1)C(C)(C)C)C[C@H]1C(=O)O[C@@H](C)[C@@H]1OCOC. The second kappa shape index (κ2) is 15.1. The van der Waals surface area contributed by atoms with E-state index in [1.165, 1.54) is 10.4 Å². The van der Waals surface area contributed by atoms with Gasteiger partial charge in [0, 0.05) is 20.8 Å². The van der Waals surface area contributed by atoms with Gasteiger partial charge in [-0.2, -0.15) is 0 Å². The molecule has 1 aliphatic rings. The fourth-order valence-electron chi connectivity index (χ4n) is 5.61. The van der Waals surface area contributed by atoms with E-state index < -0.39 is 14.2 Å². The first-order chi connectivity index (χ1) is 18.7. The summed E-state index contributed by atoms with van der Waals surface area (Å²) in [5, 5.41) is 2.50. The van der Waals surface area contributed by atoms with E-state index in [1.54, 1.807) is 14.2 Å². The molecule has 0 spiro atoms. The maximum absolute atomic E-state index is 12.6. The first kappa shape index (κ1) is 31.5. The van der Waals surface area contributed by atoms with Crippen LogP contribution in [0.5, 0.6) is 0 Å². The molecule has 216 valence electrons. The number of carbonyl (C=O) groups is 1. The molecule has 0 unspecified atom stereocenters. The topological polar surface area (TPSA) is 72.5 Å². The highest BCUT2D eigenvalue weighted by Crippen LogP contribution is 2.37. The van der Waals surface area contributed by atoms with Crippen LogP contribution in [-0.4, -0.2) is 67.0 Å². The van der Waals surface area contributed by atoms with Gasteiger partial charge in [-0.1, -0.05) is 81.4 Å². The number of carbonyl (C=O) groups excluding carboxylic acids is 1. The normalized spacial score (nSPS) is 20.7. The highest BCUT2D eigenvalue weighted by atomic mass is 28.4. The van der Waals surface area contributed by atoms with E-state index in [0.717, 1.165) is 19.3 Å². The van der Waals surface area contributed by atoms with E-state index in [2.05, 4.69) is 81.4 Å². The molecule has 0 N–H and O–H groups in total. The van der Waals surface area contributed by atoms with Crippen molar-refractivity contribution in [3.63, 3.8) is 0 Å². The molecule has 1 saturated heterocycles. The van der Waals surface area contributed by atoms with Gasteiger partial charge in [0.15, 0.2) is 0 Å². The smallest absolute Gasteiger partial charge is 0.312 e. The molecule has 0 aromatic heterocycles. The van der Waals surface area contributed by atoms with Crippen molar-refractivity contribution in [1.82, 2.24) is 0 Å². The van der Waals surface area contributed by atoms with Crippen LogP contribution in [0, 0.1) is 5.92 Å². The first-order valence-corrected chi connectivity index (χ1v) is 15.8. The molecule has 0 amide bonds. The van der Waals surface area contributed by atoms with Crippen molar-refractivity contribution in [1.29, 1.82) is 0 Å². The molecule has 8 heteroatoms. The number of esters is 1. The first-order valence-electron chi connectivity index (χ1n) is 13.9. The lowest BCUT2D eigenvalue weighted by molar-refractivity contribution is -0.145. The summed E-state index contributed by atoms with van der Waals surface area (Å²) in [6.07, 6.45) is 2.23. The van der Waals surface area contributed by atoms with E-state index in [-0.39, 0.29) is 42.9 Å². The van der Waals surface area contributed by atoms with Gasteiger partial charge in [0.1, 0.15) is 25.8 Å². The van der Waals surface area contributed by atoms with Gasteiger partial charge in [0.25, 0.3) is 8.32 Å². The predicted octanol–water partition coefficient (Wildman–Crippen LogP) is 4.66. The van der Waals surface area contributed by atoms with E-state index in [9.17, 15) is 4.79 Å². The van der Waals surface area contributed by atoms with Gasteiger partial charge in [-0.15, -0.1) is 0 Å². The molecule has 0 radical (unpaired) electrons. The zero-order chi connectivity index (χ0) is 28.3. The number of cyclic esters (lactones) is 1. The van der Waals surface area contributed by atoms with Crippen molar-refractivity contribution >= 4 is 24.7 Å². The third kappa shape index (κ3) is 7.99. The summed E-state index contributed by atoms with van der Waals surface area (Å²) in [4.78, 5) is 12.6. The van der Waals surface area contributed by atoms with Crippen LogP contribution in [0.2, 0.25) is 5.04 Å². The van der Waals surface area contributed by atoms with Crippen molar-refractivity contribution in [2.24, 2.45) is 5.92 Å². The molecule has 0 saturated carbocycles. The van der Waals surface area contributed by atoms with Crippen LogP contribution < -0.4 is 10.4 Å². The Morgan fingerprint density at radius 1 is 0.897 bits per heavy atom. The molecule has 2 aromatic rings. The highest BCUT2D eigenvalue weighted by Gasteiger charge is 2.50. The van der Waals surface area contributed by atoms with Gasteiger partial charge in [0.05, 0.1) is 12.0 Å². The molecule has 3 rings (SSSR count). The van der Waals surface area contributed by atoms with Crippen molar-refractivity contribution in [2.75, 3.05) is 34.4 Å². The zero-order valence-electron chi connectivity index (χ0n) is 24.4. The third-order valence-corrected chi connectivity index (χ3v) is 12.5. The number of unbranched alkanes of at least 4 members (excludes halogenated alkanes) is 1. The second-order valence-electron chi connectivity index (χ2n) is 11.2. The Morgan fingerprint density at radius 2 is 1.49 bits per heavy atom. The van der Waals surface area contributed by atoms with Gasteiger partial charge in [-0.3, -0.25) is 4.79 Å². The number of ether oxygens (including phenoxy) is 5. The molecule has 0 bridgehead atoms. The average molecular weight is 559 g/mol. The number of benzene rings is 2. The van der Waals surface area contributed by atoms with E-state index >= 15 is 0 Å². The maximum Gasteiger partial charge on any atom is 0.312 e. The largest absolute Gasteiger partial charge is 0.460 e. The quantitative estimate of drug-likeness (QED) is 0.128. The lowest BCUT2D eigenvalue weighted by atomic mass is 9.93. The Kier molecular flexibility index (Phi) is 12.2. The van der Waals surface area contributed by atoms with Crippen LogP contribution in [0.3, 0.4) is 0 Å². The zero-order valence-corrected chi connectivity index (χ0v) is 25.4. The minimum Gasteiger partial charge on any atom is -0.460 e. The highest BCUT2D eigenvalue weighted by molar-refractivity contribution is 6.99. The second-order valence-corrected chi connectivity index (χ2v) is 15.5. The van der Waals surface area contributed by atoms with Crippen LogP contribution >= 0.6 is 0 Å². The summed E-state index contributed by atoms with van der Waals surface area (Å²) in [6, 6.07) is 21.4. The minimum absolute atomic E-state index is 0.0590. The molecule has 1 fully saturated rings. The van der Waals surface area contributed by atoms with Crippen molar-refractivity contribution in [3.8, 4) is 0 Å². The molecular formula is C31H46O7Si. The molecule has 0 aliphatic carbocycles. The molecule has 1 heterocycles. The Bertz CT molecular complexity index is 940. The minimum atomic E-state index is -2.56. The number of hydrogen-bond donors (Lipinski definition) is 0. The summed E-state index contributed by atoms with van der Waals surface area (Å²) in [6.45, 7) is 9.65. The van der Waals surface area contributed by atoms with Gasteiger partial charge in [-0.25, -0.2) is 0 Å². The lowest BCUT2D eigenvalue weighted by Gasteiger charge is -2.43. The molecular weight excluding hydrogens is 512 g/mol. The Balaban J connectivity index is 1.67. The molecule has 4 atom stereocenters. The standard InChI is InChI=1S/C31H46O7Si/c1-24-29(36-23-34-6)28(30(32)38-24)21-25(35-22-33-5)15-13-14-20-37-39(31(2,3)4,26-16-9-7-10-17-26)27-18-11-8-12-19-27/h7-12,16-19,24-25,28-29H,13-15,20-23H2,1-6H3/t24-,25+,28+,29-/m0/s1. The Hall–Kier alpha value is -2.07. The molecule has 1 aliphatic heterocycles. The number of hydrogen-bond acceptors (Lipinski definition) is 7. The van der Waals surface area contributed by atoms with E-state index in [0.29, 0.717) is 13.0 Å². The molecule has 7 nitrogen and oxygen atoms in total.